The number of benzene rings is 1. The molecule has 1 aromatic rings. The summed E-state index contributed by atoms with van der Waals surface area (Å²) in [5.41, 5.74) is 0.331. The lowest BCUT2D eigenvalue weighted by Gasteiger charge is -1.90. The van der Waals surface area contributed by atoms with Crippen LogP contribution in [0.2, 0.25) is 0 Å². The first-order valence-electron chi connectivity index (χ1n) is 5.24. The fraction of sp³-hybridized carbons (Fsp3) is 0.417. The zero-order valence-electron chi connectivity index (χ0n) is 9.36. The quantitative estimate of drug-likeness (QED) is 0.803. The highest BCUT2D eigenvalue weighted by atomic mass is 35.5. The van der Waals surface area contributed by atoms with Crippen molar-refractivity contribution in [3.63, 3.8) is 0 Å². The van der Waals surface area contributed by atoms with Crippen molar-refractivity contribution in [2.24, 2.45) is 0 Å². The number of aromatic carboxylic acids is 1. The fourth-order valence-corrected chi connectivity index (χ4v) is 1.10. The summed E-state index contributed by atoms with van der Waals surface area (Å²) in [5, 5.41) is 8.38. The molecule has 1 N–H and O–H groups in total. The minimum atomic E-state index is -0.879. The highest BCUT2D eigenvalue weighted by Crippen LogP contribution is 1.96. The van der Waals surface area contributed by atoms with Crippen LogP contribution in [-0.4, -0.2) is 17.7 Å². The topological polar surface area (TPSA) is 46.5 Å². The van der Waals surface area contributed by atoms with Crippen molar-refractivity contribution < 1.29 is 14.2 Å². The number of carboxylic acids is 1. The predicted molar refractivity (Wildman–Crippen MR) is 64.7 cm³/mol. The van der Waals surface area contributed by atoms with Gasteiger partial charge in [0, 0.05) is 0 Å². The van der Waals surface area contributed by atoms with Crippen molar-refractivity contribution in [2.45, 2.75) is 26.2 Å². The second-order valence-corrected chi connectivity index (χ2v) is 3.41. The van der Waals surface area contributed by atoms with Crippen LogP contribution in [0.5, 0.6) is 0 Å². The van der Waals surface area contributed by atoms with Gasteiger partial charge in [0.05, 0.1) is 24.0 Å². The van der Waals surface area contributed by atoms with Gasteiger partial charge in [-0.1, -0.05) is 38.0 Å². The Hall–Kier alpha value is -1.06. The zero-order valence-corrected chi connectivity index (χ0v) is 10.1. The van der Waals surface area contributed by atoms with Crippen LogP contribution in [0.3, 0.4) is 0 Å². The molecule has 0 heterocycles. The first-order chi connectivity index (χ1) is 7.72. The molecule has 1 aromatic carbocycles. The number of unbranched alkanes of at least 4 members (excludes halogenated alkanes) is 2. The average molecular weight is 245 g/mol. The molecule has 0 saturated carbocycles. The second kappa shape index (κ2) is 10.5. The summed E-state index contributed by atoms with van der Waals surface area (Å²) in [5.74, 6) is -0.879. The van der Waals surface area contributed by atoms with Gasteiger partial charge in [-0.05, 0) is 18.6 Å². The van der Waals surface area contributed by atoms with E-state index < -0.39 is 5.97 Å². The molecule has 1 rings (SSSR count). The number of carboxylic acid groups (broad SMARTS) is 1. The van der Waals surface area contributed by atoms with E-state index in [0.29, 0.717) is 12.2 Å². The van der Waals surface area contributed by atoms with Crippen LogP contribution in [0.1, 0.15) is 36.5 Å². The van der Waals surface area contributed by atoms with Gasteiger partial charge in [0.15, 0.2) is 0 Å². The first kappa shape index (κ1) is 14.9. The number of carbonyl (C=O) groups is 1. The van der Waals surface area contributed by atoms with E-state index in [1.807, 2.05) is 0 Å². The highest BCUT2D eigenvalue weighted by Gasteiger charge is 1.96. The molecule has 0 spiro atoms. The van der Waals surface area contributed by atoms with Gasteiger partial charge < -0.3 is 5.11 Å². The molecule has 16 heavy (non-hydrogen) atoms. The van der Waals surface area contributed by atoms with E-state index in [9.17, 15) is 4.79 Å². The molecule has 0 saturated heterocycles. The SMILES string of the molecule is CCCCCOCl.O=C(O)c1ccccc1. The summed E-state index contributed by atoms with van der Waals surface area (Å²) < 4.78 is 4.32. The maximum Gasteiger partial charge on any atom is 0.335 e. The van der Waals surface area contributed by atoms with Gasteiger partial charge in [0.1, 0.15) is 0 Å². The number of rotatable bonds is 5. The second-order valence-electron chi connectivity index (χ2n) is 3.19. The van der Waals surface area contributed by atoms with E-state index in [1.54, 1.807) is 30.3 Å². The van der Waals surface area contributed by atoms with E-state index in [0.717, 1.165) is 6.42 Å². The van der Waals surface area contributed by atoms with E-state index in [-0.39, 0.29) is 0 Å². The van der Waals surface area contributed by atoms with Gasteiger partial charge >= 0.3 is 5.97 Å². The minimum Gasteiger partial charge on any atom is -0.478 e. The molecule has 0 aliphatic heterocycles. The van der Waals surface area contributed by atoms with Crippen LogP contribution in [0.25, 0.3) is 0 Å². The van der Waals surface area contributed by atoms with Gasteiger partial charge in [0.2, 0.25) is 0 Å². The van der Waals surface area contributed by atoms with Crippen LogP contribution in [0, 0.1) is 0 Å². The van der Waals surface area contributed by atoms with E-state index in [4.69, 9.17) is 17.0 Å². The van der Waals surface area contributed by atoms with Crippen molar-refractivity contribution in [1.82, 2.24) is 0 Å². The molecule has 90 valence electrons. The Labute approximate surface area is 101 Å². The van der Waals surface area contributed by atoms with Crippen molar-refractivity contribution >= 4 is 17.8 Å². The van der Waals surface area contributed by atoms with Crippen LogP contribution in [0.15, 0.2) is 30.3 Å². The monoisotopic (exact) mass is 244 g/mol. The Morgan fingerprint density at radius 3 is 2.31 bits per heavy atom. The fourth-order valence-electron chi connectivity index (χ4n) is 0.987. The normalized spacial score (nSPS) is 9.12. The highest BCUT2D eigenvalue weighted by molar-refractivity contribution is 6.07. The molecule has 0 fully saturated rings. The minimum absolute atomic E-state index is 0.331. The Kier molecular flexibility index (Phi) is 9.76. The number of hydrogen-bond donors (Lipinski definition) is 1. The molecule has 0 radical (unpaired) electrons. The molecule has 0 unspecified atom stereocenters. The summed E-state index contributed by atoms with van der Waals surface area (Å²) in [6.45, 7) is 2.84. The smallest absolute Gasteiger partial charge is 0.335 e. The molecule has 0 aromatic heterocycles. The third kappa shape index (κ3) is 8.26. The van der Waals surface area contributed by atoms with Crippen LogP contribution in [-0.2, 0) is 4.29 Å². The lowest BCUT2D eigenvalue weighted by Crippen LogP contribution is -1.93. The summed E-state index contributed by atoms with van der Waals surface area (Å²) in [7, 11) is 0. The molecule has 0 aliphatic rings. The van der Waals surface area contributed by atoms with Crippen molar-refractivity contribution in [2.75, 3.05) is 6.61 Å². The Morgan fingerprint density at radius 2 is 1.94 bits per heavy atom. The van der Waals surface area contributed by atoms with Crippen LogP contribution >= 0.6 is 11.9 Å². The molecule has 0 aliphatic carbocycles. The Morgan fingerprint density at radius 1 is 1.31 bits per heavy atom. The summed E-state index contributed by atoms with van der Waals surface area (Å²) in [6.07, 6.45) is 3.52. The lowest BCUT2D eigenvalue weighted by atomic mass is 10.2. The lowest BCUT2D eigenvalue weighted by molar-refractivity contribution is 0.0697. The summed E-state index contributed by atoms with van der Waals surface area (Å²) in [4.78, 5) is 10.2. The van der Waals surface area contributed by atoms with Gasteiger partial charge in [0.25, 0.3) is 0 Å². The summed E-state index contributed by atoms with van der Waals surface area (Å²) >= 11 is 4.94. The maximum atomic E-state index is 10.2. The average Bonchev–Trinajstić information content (AvgIpc) is 2.32. The van der Waals surface area contributed by atoms with Crippen LogP contribution < -0.4 is 0 Å². The maximum absolute atomic E-state index is 10.2. The molecule has 4 heteroatoms. The van der Waals surface area contributed by atoms with Gasteiger partial charge in [-0.3, -0.25) is 4.29 Å². The zero-order chi connectivity index (χ0) is 12.2. The summed E-state index contributed by atoms with van der Waals surface area (Å²) in [6, 6.07) is 8.30. The largest absolute Gasteiger partial charge is 0.478 e. The Bertz CT molecular complexity index is 271. The molecule has 0 bridgehead atoms. The van der Waals surface area contributed by atoms with Gasteiger partial charge in [-0.15, -0.1) is 0 Å². The molecule has 0 amide bonds. The predicted octanol–water partition coefficient (Wildman–Crippen LogP) is 3.73. The third-order valence-electron chi connectivity index (χ3n) is 1.85. The third-order valence-corrected chi connectivity index (χ3v) is 2.00. The van der Waals surface area contributed by atoms with E-state index in [2.05, 4.69) is 11.2 Å². The van der Waals surface area contributed by atoms with Crippen molar-refractivity contribution in [3.8, 4) is 0 Å². The molecular weight excluding hydrogens is 228 g/mol. The molecule has 0 atom stereocenters. The first-order valence-corrected chi connectivity index (χ1v) is 5.55. The van der Waals surface area contributed by atoms with E-state index in [1.165, 1.54) is 12.8 Å². The standard InChI is InChI=1S/C7H6O2.C5H11ClO/c8-7(9)6-4-2-1-3-5-6;1-2-3-4-5-7-6/h1-5H,(H,8,9);2-5H2,1H3. The molecule has 3 nitrogen and oxygen atoms in total. The number of hydrogen-bond acceptors (Lipinski definition) is 2. The van der Waals surface area contributed by atoms with Crippen LogP contribution in [0.4, 0.5) is 0 Å². The van der Waals surface area contributed by atoms with E-state index >= 15 is 0 Å². The number of halogens is 1. The van der Waals surface area contributed by atoms with Crippen molar-refractivity contribution in [1.29, 1.82) is 0 Å². The van der Waals surface area contributed by atoms with Crippen molar-refractivity contribution in [3.05, 3.63) is 35.9 Å². The van der Waals surface area contributed by atoms with Gasteiger partial charge in [-0.2, -0.15) is 0 Å². The Balaban J connectivity index is 0.000000293. The molecular formula is C12H17ClO3. The van der Waals surface area contributed by atoms with Gasteiger partial charge in [-0.25, -0.2) is 4.79 Å².